The van der Waals surface area contributed by atoms with Crippen molar-refractivity contribution < 1.29 is 9.53 Å². The van der Waals surface area contributed by atoms with Gasteiger partial charge in [0.2, 0.25) is 0 Å². The molecule has 0 unspecified atom stereocenters. The number of rotatable bonds is 6. The molecule has 124 valence electrons. The zero-order chi connectivity index (χ0) is 16.1. The van der Waals surface area contributed by atoms with Crippen LogP contribution in [0.4, 0.5) is 0 Å². The van der Waals surface area contributed by atoms with Crippen LogP contribution in [-0.2, 0) is 4.74 Å². The van der Waals surface area contributed by atoms with Gasteiger partial charge in [-0.2, -0.15) is 5.10 Å². The number of morpholine rings is 1. The van der Waals surface area contributed by atoms with E-state index in [1.54, 1.807) is 10.6 Å². The fraction of sp³-hybridized carbons (Fsp3) is 0.529. The molecule has 3 rings (SSSR count). The monoisotopic (exact) mass is 316 g/mol. The van der Waals surface area contributed by atoms with Gasteiger partial charge in [-0.25, -0.2) is 4.52 Å². The molecule has 1 saturated heterocycles. The van der Waals surface area contributed by atoms with Crippen LogP contribution in [0.2, 0.25) is 0 Å². The van der Waals surface area contributed by atoms with Crippen molar-refractivity contribution in [3.8, 4) is 0 Å². The number of carbonyl (C=O) groups excluding carboxylic acids is 1. The molecule has 1 fully saturated rings. The van der Waals surface area contributed by atoms with Crippen LogP contribution in [0, 0.1) is 0 Å². The van der Waals surface area contributed by atoms with E-state index in [0.717, 1.165) is 44.6 Å². The predicted molar refractivity (Wildman–Crippen MR) is 88.6 cm³/mol. The highest BCUT2D eigenvalue weighted by atomic mass is 16.5. The number of hydrogen-bond acceptors (Lipinski definition) is 4. The fourth-order valence-electron chi connectivity index (χ4n) is 2.96. The fourth-order valence-corrected chi connectivity index (χ4v) is 2.96. The second-order valence-electron chi connectivity index (χ2n) is 5.94. The minimum atomic E-state index is -0.130. The molecule has 1 aliphatic rings. The normalized spacial score (nSPS) is 19.1. The number of nitrogens with zero attached hydrogens (tertiary/aromatic N) is 3. The van der Waals surface area contributed by atoms with E-state index in [9.17, 15) is 4.79 Å². The van der Waals surface area contributed by atoms with Gasteiger partial charge >= 0.3 is 0 Å². The molecule has 6 heteroatoms. The highest BCUT2D eigenvalue weighted by Crippen LogP contribution is 2.09. The maximum Gasteiger partial charge on any atom is 0.271 e. The molecule has 0 aliphatic carbocycles. The molecule has 0 aromatic carbocycles. The van der Waals surface area contributed by atoms with Crippen molar-refractivity contribution in [2.24, 2.45) is 0 Å². The van der Waals surface area contributed by atoms with Gasteiger partial charge in [-0.05, 0) is 37.6 Å². The van der Waals surface area contributed by atoms with E-state index < -0.39 is 0 Å². The topological polar surface area (TPSA) is 58.9 Å². The van der Waals surface area contributed by atoms with Crippen molar-refractivity contribution in [1.82, 2.24) is 19.8 Å². The van der Waals surface area contributed by atoms with Crippen LogP contribution in [-0.4, -0.2) is 59.3 Å². The van der Waals surface area contributed by atoms with Gasteiger partial charge in [-0.15, -0.1) is 0 Å². The summed E-state index contributed by atoms with van der Waals surface area (Å²) in [5.41, 5.74) is 1.37. The lowest BCUT2D eigenvalue weighted by Crippen LogP contribution is -2.44. The van der Waals surface area contributed by atoms with Crippen LogP contribution in [0.1, 0.15) is 30.3 Å². The Morgan fingerprint density at radius 1 is 1.48 bits per heavy atom. The number of fused-ring (bicyclic) bond motifs is 1. The summed E-state index contributed by atoms with van der Waals surface area (Å²) in [4.78, 5) is 14.6. The number of hydrogen-bond donors (Lipinski definition) is 1. The summed E-state index contributed by atoms with van der Waals surface area (Å²) < 4.78 is 7.49. The molecule has 1 atom stereocenters. The molecule has 3 heterocycles. The van der Waals surface area contributed by atoms with Crippen LogP contribution in [0.5, 0.6) is 0 Å². The number of carbonyl (C=O) groups is 1. The highest BCUT2D eigenvalue weighted by molar-refractivity contribution is 5.93. The number of ether oxygens (including phenoxy) is 1. The number of pyridine rings is 1. The van der Waals surface area contributed by atoms with Crippen molar-refractivity contribution in [3.05, 3.63) is 36.2 Å². The van der Waals surface area contributed by atoms with Crippen LogP contribution in [0.3, 0.4) is 0 Å². The molecule has 2 aromatic heterocycles. The predicted octanol–water partition coefficient (Wildman–Crippen LogP) is 1.56. The summed E-state index contributed by atoms with van der Waals surface area (Å²) in [6.45, 7) is 6.67. The molecule has 1 N–H and O–H groups in total. The van der Waals surface area contributed by atoms with E-state index in [1.807, 2.05) is 24.4 Å². The average molecular weight is 316 g/mol. The minimum absolute atomic E-state index is 0.130. The largest absolute Gasteiger partial charge is 0.375 e. The Hall–Kier alpha value is -1.92. The van der Waals surface area contributed by atoms with E-state index in [2.05, 4.69) is 22.2 Å². The van der Waals surface area contributed by atoms with E-state index >= 15 is 0 Å². The van der Waals surface area contributed by atoms with Gasteiger partial charge in [0.25, 0.3) is 5.91 Å². The number of nitrogens with one attached hydrogen (secondary N) is 1. The quantitative estimate of drug-likeness (QED) is 0.879. The molecule has 0 radical (unpaired) electrons. The van der Waals surface area contributed by atoms with Crippen molar-refractivity contribution in [2.75, 3.05) is 32.8 Å². The molecule has 23 heavy (non-hydrogen) atoms. The van der Waals surface area contributed by atoms with Crippen LogP contribution in [0.25, 0.3) is 5.52 Å². The lowest BCUT2D eigenvalue weighted by Gasteiger charge is -2.32. The standard InChI is InChI=1S/C17H24N4O2/c1-2-8-20-10-11-23-15(13-20)6-7-18-17(22)16-12-14-5-3-4-9-21(14)19-16/h3-5,9,12,15H,2,6-8,10-11,13H2,1H3,(H,18,22)/t15-/m0/s1. The molecule has 0 spiro atoms. The van der Waals surface area contributed by atoms with E-state index in [0.29, 0.717) is 12.2 Å². The first kappa shape index (κ1) is 16.0. The Morgan fingerprint density at radius 2 is 2.39 bits per heavy atom. The smallest absolute Gasteiger partial charge is 0.271 e. The molecule has 1 aliphatic heterocycles. The highest BCUT2D eigenvalue weighted by Gasteiger charge is 2.20. The van der Waals surface area contributed by atoms with Gasteiger partial charge in [-0.3, -0.25) is 9.69 Å². The van der Waals surface area contributed by atoms with E-state index in [4.69, 9.17) is 4.74 Å². The maximum absolute atomic E-state index is 12.2. The minimum Gasteiger partial charge on any atom is -0.375 e. The molecule has 2 aromatic rings. The summed E-state index contributed by atoms with van der Waals surface area (Å²) in [6, 6.07) is 7.56. The average Bonchev–Trinajstić information content (AvgIpc) is 3.00. The van der Waals surface area contributed by atoms with Crippen molar-refractivity contribution in [2.45, 2.75) is 25.9 Å². The first-order valence-electron chi connectivity index (χ1n) is 8.33. The summed E-state index contributed by atoms with van der Waals surface area (Å²) in [7, 11) is 0. The Bertz CT molecular complexity index is 620. The summed E-state index contributed by atoms with van der Waals surface area (Å²) in [5, 5.41) is 7.22. The van der Waals surface area contributed by atoms with Crippen molar-refractivity contribution in [1.29, 1.82) is 0 Å². The van der Waals surface area contributed by atoms with Crippen molar-refractivity contribution in [3.63, 3.8) is 0 Å². The van der Waals surface area contributed by atoms with Crippen LogP contribution in [0.15, 0.2) is 30.5 Å². The number of amides is 1. The second kappa shape index (κ2) is 7.57. The Balaban J connectivity index is 1.47. The Kier molecular flexibility index (Phi) is 5.25. The lowest BCUT2D eigenvalue weighted by molar-refractivity contribution is -0.0312. The molecular formula is C17H24N4O2. The van der Waals surface area contributed by atoms with E-state index in [-0.39, 0.29) is 12.0 Å². The first-order chi connectivity index (χ1) is 11.3. The van der Waals surface area contributed by atoms with Gasteiger partial charge < -0.3 is 10.1 Å². The summed E-state index contributed by atoms with van der Waals surface area (Å²) in [6.07, 6.45) is 4.04. The lowest BCUT2D eigenvalue weighted by atomic mass is 10.2. The zero-order valence-electron chi connectivity index (χ0n) is 13.6. The molecule has 1 amide bonds. The third-order valence-corrected chi connectivity index (χ3v) is 4.12. The van der Waals surface area contributed by atoms with Gasteiger partial charge in [0.1, 0.15) is 0 Å². The van der Waals surface area contributed by atoms with Gasteiger partial charge in [0.15, 0.2) is 5.69 Å². The Morgan fingerprint density at radius 3 is 3.22 bits per heavy atom. The van der Waals surface area contributed by atoms with Gasteiger partial charge in [-0.1, -0.05) is 13.0 Å². The molecule has 0 bridgehead atoms. The van der Waals surface area contributed by atoms with Crippen LogP contribution >= 0.6 is 0 Å². The molecule has 0 saturated carbocycles. The summed E-state index contributed by atoms with van der Waals surface area (Å²) >= 11 is 0. The first-order valence-corrected chi connectivity index (χ1v) is 8.33. The van der Waals surface area contributed by atoms with Crippen LogP contribution < -0.4 is 5.32 Å². The number of aromatic nitrogens is 2. The SMILES string of the molecule is CCCN1CCO[C@@H](CCNC(=O)c2cc3ccccn3n2)C1. The third kappa shape index (κ3) is 4.09. The molecule has 6 nitrogen and oxygen atoms in total. The zero-order valence-corrected chi connectivity index (χ0v) is 13.6. The second-order valence-corrected chi connectivity index (χ2v) is 5.94. The van der Waals surface area contributed by atoms with E-state index in [1.165, 1.54) is 0 Å². The molecular weight excluding hydrogens is 292 g/mol. The van der Waals surface area contributed by atoms with Gasteiger partial charge in [0.05, 0.1) is 18.2 Å². The van der Waals surface area contributed by atoms with Crippen molar-refractivity contribution >= 4 is 11.4 Å². The summed E-state index contributed by atoms with van der Waals surface area (Å²) in [5.74, 6) is -0.130. The maximum atomic E-state index is 12.2. The Labute approximate surface area is 136 Å². The third-order valence-electron chi connectivity index (χ3n) is 4.12. The van der Waals surface area contributed by atoms with Gasteiger partial charge in [0, 0.05) is 25.8 Å².